The molecule has 8 heteroatoms. The summed E-state index contributed by atoms with van der Waals surface area (Å²) in [4.78, 5) is 3.92. The van der Waals surface area contributed by atoms with Gasteiger partial charge in [-0.3, -0.25) is 4.72 Å². The summed E-state index contributed by atoms with van der Waals surface area (Å²) in [6.45, 7) is 1.83. The summed E-state index contributed by atoms with van der Waals surface area (Å²) in [6, 6.07) is 6.25. The van der Waals surface area contributed by atoms with Gasteiger partial charge in [0.15, 0.2) is 0 Å². The van der Waals surface area contributed by atoms with Gasteiger partial charge in [0.05, 0.1) is 10.7 Å². The van der Waals surface area contributed by atoms with Crippen molar-refractivity contribution in [2.45, 2.75) is 11.8 Å². The van der Waals surface area contributed by atoms with Crippen LogP contribution in [0.1, 0.15) is 5.56 Å². The van der Waals surface area contributed by atoms with E-state index in [9.17, 15) is 8.42 Å². The number of pyridine rings is 1. The molecule has 0 spiro atoms. The van der Waals surface area contributed by atoms with Crippen LogP contribution in [0.4, 0.5) is 11.5 Å². The second-order valence-electron chi connectivity index (χ2n) is 4.32. The number of halogens is 2. The monoisotopic (exact) mass is 345 g/mol. The van der Waals surface area contributed by atoms with Crippen LogP contribution in [0.2, 0.25) is 10.0 Å². The fourth-order valence-electron chi connectivity index (χ4n) is 1.62. The van der Waals surface area contributed by atoms with Crippen LogP contribution in [0.3, 0.4) is 0 Å². The van der Waals surface area contributed by atoms with E-state index in [2.05, 4.69) is 15.0 Å². The van der Waals surface area contributed by atoms with E-state index in [1.54, 1.807) is 25.2 Å². The fraction of sp³-hybridized carbons (Fsp3) is 0.154. The molecule has 2 rings (SSSR count). The van der Waals surface area contributed by atoms with Crippen molar-refractivity contribution >= 4 is 44.7 Å². The van der Waals surface area contributed by atoms with Gasteiger partial charge in [-0.2, -0.15) is 0 Å². The van der Waals surface area contributed by atoms with Gasteiger partial charge in [-0.1, -0.05) is 29.3 Å². The van der Waals surface area contributed by atoms with Crippen LogP contribution in [-0.4, -0.2) is 20.4 Å². The van der Waals surface area contributed by atoms with Gasteiger partial charge in [0.2, 0.25) is 0 Å². The topological polar surface area (TPSA) is 71.1 Å². The zero-order chi connectivity index (χ0) is 15.6. The Bertz CT molecular complexity index is 779. The molecule has 0 radical (unpaired) electrons. The molecule has 0 atom stereocenters. The molecule has 0 aliphatic heterocycles. The highest BCUT2D eigenvalue weighted by Crippen LogP contribution is 2.25. The first-order valence-electron chi connectivity index (χ1n) is 5.96. The minimum Gasteiger partial charge on any atom is -0.372 e. The Morgan fingerprint density at radius 1 is 1.14 bits per heavy atom. The Morgan fingerprint density at radius 2 is 1.86 bits per heavy atom. The molecule has 0 saturated heterocycles. The maximum Gasteiger partial charge on any atom is 0.263 e. The van der Waals surface area contributed by atoms with Crippen molar-refractivity contribution in [3.63, 3.8) is 0 Å². The molecule has 5 nitrogen and oxygen atoms in total. The maximum absolute atomic E-state index is 12.3. The van der Waals surface area contributed by atoms with Gasteiger partial charge in [-0.25, -0.2) is 13.4 Å². The molecule has 0 aliphatic rings. The van der Waals surface area contributed by atoms with E-state index in [0.717, 1.165) is 5.56 Å². The number of aryl methyl sites for hydroxylation is 1. The molecule has 0 bridgehead atoms. The van der Waals surface area contributed by atoms with E-state index in [1.807, 2.05) is 6.92 Å². The smallest absolute Gasteiger partial charge is 0.263 e. The zero-order valence-corrected chi connectivity index (χ0v) is 13.6. The van der Waals surface area contributed by atoms with Gasteiger partial charge >= 0.3 is 0 Å². The van der Waals surface area contributed by atoms with Gasteiger partial charge < -0.3 is 5.32 Å². The van der Waals surface area contributed by atoms with E-state index >= 15 is 0 Å². The van der Waals surface area contributed by atoms with Gasteiger partial charge in [0.1, 0.15) is 10.7 Å². The zero-order valence-electron chi connectivity index (χ0n) is 11.3. The number of aromatic nitrogens is 1. The summed E-state index contributed by atoms with van der Waals surface area (Å²) < 4.78 is 27.0. The van der Waals surface area contributed by atoms with Crippen molar-refractivity contribution in [3.05, 3.63) is 46.1 Å². The molecule has 2 N–H and O–H groups in total. The van der Waals surface area contributed by atoms with Gasteiger partial charge in [0.25, 0.3) is 10.0 Å². The van der Waals surface area contributed by atoms with Crippen LogP contribution in [0.5, 0.6) is 0 Å². The molecule has 112 valence electrons. The number of nitrogens with one attached hydrogen (secondary N) is 2. The van der Waals surface area contributed by atoms with E-state index in [-0.39, 0.29) is 9.92 Å². The van der Waals surface area contributed by atoms with Crippen molar-refractivity contribution < 1.29 is 8.42 Å². The Hall–Kier alpha value is -1.50. The number of rotatable bonds is 4. The van der Waals surface area contributed by atoms with Crippen LogP contribution >= 0.6 is 23.2 Å². The lowest BCUT2D eigenvalue weighted by atomic mass is 10.2. The highest BCUT2D eigenvalue weighted by Gasteiger charge is 2.17. The molecule has 0 amide bonds. The predicted molar refractivity (Wildman–Crippen MR) is 85.8 cm³/mol. The Morgan fingerprint density at radius 3 is 2.43 bits per heavy atom. The molecule has 21 heavy (non-hydrogen) atoms. The lowest BCUT2D eigenvalue weighted by Crippen LogP contribution is -2.13. The SMILES string of the molecule is CNc1ncc(S(=O)(=O)Nc2ccc(C)c(Cl)c2)cc1Cl. The molecular formula is C13H13Cl2N3O2S. The van der Waals surface area contributed by atoms with Crippen molar-refractivity contribution in [2.75, 3.05) is 17.1 Å². The summed E-state index contributed by atoms with van der Waals surface area (Å²) in [5.41, 5.74) is 1.24. The molecule has 1 heterocycles. The average molecular weight is 346 g/mol. The largest absolute Gasteiger partial charge is 0.372 e. The quantitative estimate of drug-likeness (QED) is 0.888. The van der Waals surface area contributed by atoms with Gasteiger partial charge in [0, 0.05) is 18.3 Å². The maximum atomic E-state index is 12.3. The number of hydrogen-bond acceptors (Lipinski definition) is 4. The molecular weight excluding hydrogens is 333 g/mol. The first-order chi connectivity index (χ1) is 9.83. The Labute approximate surface area is 133 Å². The molecule has 0 aliphatic carbocycles. The lowest BCUT2D eigenvalue weighted by Gasteiger charge is -2.10. The second-order valence-corrected chi connectivity index (χ2v) is 6.82. The summed E-state index contributed by atoms with van der Waals surface area (Å²) in [5, 5.41) is 3.47. The highest BCUT2D eigenvalue weighted by atomic mass is 35.5. The molecule has 1 aromatic heterocycles. The minimum absolute atomic E-state index is 0.0248. The van der Waals surface area contributed by atoms with Crippen molar-refractivity contribution in [2.24, 2.45) is 0 Å². The minimum atomic E-state index is -3.77. The van der Waals surface area contributed by atoms with Crippen molar-refractivity contribution in [3.8, 4) is 0 Å². The van der Waals surface area contributed by atoms with Crippen LogP contribution in [0.15, 0.2) is 35.4 Å². The number of benzene rings is 1. The third kappa shape index (κ3) is 3.58. The number of anilines is 2. The number of nitrogens with zero attached hydrogens (tertiary/aromatic N) is 1. The average Bonchev–Trinajstić information content (AvgIpc) is 2.42. The normalized spacial score (nSPS) is 11.2. The standard InChI is InChI=1S/C13H13Cl2N3O2S/c1-8-3-4-9(5-11(8)14)18-21(19,20)10-6-12(15)13(16-2)17-7-10/h3-7,18H,1-2H3,(H,16,17). The molecule has 2 aromatic rings. The van der Waals surface area contributed by atoms with Gasteiger partial charge in [-0.05, 0) is 30.7 Å². The summed E-state index contributed by atoms with van der Waals surface area (Å²) in [6.07, 6.45) is 1.23. The third-order valence-electron chi connectivity index (χ3n) is 2.79. The van der Waals surface area contributed by atoms with Crippen LogP contribution < -0.4 is 10.0 Å². The van der Waals surface area contributed by atoms with E-state index < -0.39 is 10.0 Å². The predicted octanol–water partition coefficient (Wildman–Crippen LogP) is 3.54. The number of sulfonamides is 1. The Balaban J connectivity index is 2.33. The molecule has 0 unspecified atom stereocenters. The molecule has 0 fully saturated rings. The van der Waals surface area contributed by atoms with Crippen LogP contribution in [0.25, 0.3) is 0 Å². The van der Waals surface area contributed by atoms with Crippen molar-refractivity contribution in [1.29, 1.82) is 0 Å². The van der Waals surface area contributed by atoms with Crippen LogP contribution in [0, 0.1) is 6.92 Å². The lowest BCUT2D eigenvalue weighted by molar-refractivity contribution is 0.601. The third-order valence-corrected chi connectivity index (χ3v) is 4.83. The highest BCUT2D eigenvalue weighted by molar-refractivity contribution is 7.92. The summed E-state index contributed by atoms with van der Waals surface area (Å²) >= 11 is 11.9. The van der Waals surface area contributed by atoms with Crippen molar-refractivity contribution in [1.82, 2.24) is 4.98 Å². The van der Waals surface area contributed by atoms with E-state index in [0.29, 0.717) is 16.5 Å². The van der Waals surface area contributed by atoms with Gasteiger partial charge in [-0.15, -0.1) is 0 Å². The molecule has 1 aromatic carbocycles. The van der Waals surface area contributed by atoms with E-state index in [4.69, 9.17) is 23.2 Å². The second kappa shape index (κ2) is 6.09. The molecule has 0 saturated carbocycles. The number of hydrogen-bond donors (Lipinski definition) is 2. The first-order valence-corrected chi connectivity index (χ1v) is 8.19. The summed E-state index contributed by atoms with van der Waals surface area (Å²) in [7, 11) is -2.13. The Kier molecular flexibility index (Phi) is 4.61. The van der Waals surface area contributed by atoms with E-state index in [1.165, 1.54) is 12.3 Å². The fourth-order valence-corrected chi connectivity index (χ4v) is 3.15. The summed E-state index contributed by atoms with van der Waals surface area (Å²) in [5.74, 6) is 0.411. The van der Waals surface area contributed by atoms with Crippen LogP contribution in [-0.2, 0) is 10.0 Å². The first kappa shape index (κ1) is 15.9.